The summed E-state index contributed by atoms with van der Waals surface area (Å²) in [6.45, 7) is 4.89. The van der Waals surface area contributed by atoms with Gasteiger partial charge in [-0.25, -0.2) is 4.90 Å². The van der Waals surface area contributed by atoms with Gasteiger partial charge in [0.05, 0.1) is 44.8 Å². The smallest absolute Gasteiger partial charge is 0.282 e. The van der Waals surface area contributed by atoms with E-state index >= 15 is 0 Å². The van der Waals surface area contributed by atoms with E-state index < -0.39 is 11.8 Å². The van der Waals surface area contributed by atoms with Crippen LogP contribution in [0.15, 0.2) is 48.2 Å². The maximum absolute atomic E-state index is 13.9. The van der Waals surface area contributed by atoms with Crippen LogP contribution < -0.4 is 19.1 Å². The molecule has 2 heterocycles. The van der Waals surface area contributed by atoms with Crippen molar-refractivity contribution in [2.75, 3.05) is 39.3 Å². The Kier molecular flexibility index (Phi) is 6.29. The molecule has 0 radical (unpaired) electrons. The van der Waals surface area contributed by atoms with E-state index in [2.05, 4.69) is 0 Å². The lowest BCUT2D eigenvalue weighted by Gasteiger charge is -2.37. The molecule has 0 bridgehead atoms. The normalized spacial score (nSPS) is 21.0. The van der Waals surface area contributed by atoms with Crippen molar-refractivity contribution in [2.45, 2.75) is 26.1 Å². The van der Waals surface area contributed by atoms with Gasteiger partial charge in [0, 0.05) is 24.7 Å². The van der Waals surface area contributed by atoms with E-state index in [0.29, 0.717) is 52.9 Å². The molecule has 2 atom stereocenters. The van der Waals surface area contributed by atoms with E-state index in [1.54, 1.807) is 44.6 Å². The van der Waals surface area contributed by atoms with Crippen molar-refractivity contribution in [3.63, 3.8) is 0 Å². The standard InChI is InChI=1S/C25H28N2O6/c1-15-13-26(14-16(2)33-15)23-22(18-8-6-7-9-20(18)31-4)24(28)27(25(23)29)19-11-10-17(30-3)12-21(19)32-5/h6-12,15-16H,13-14H2,1-5H3. The predicted molar refractivity (Wildman–Crippen MR) is 124 cm³/mol. The number of anilines is 1. The molecule has 2 aliphatic rings. The van der Waals surface area contributed by atoms with Gasteiger partial charge >= 0.3 is 0 Å². The summed E-state index contributed by atoms with van der Waals surface area (Å²) >= 11 is 0. The van der Waals surface area contributed by atoms with E-state index in [1.165, 1.54) is 12.0 Å². The summed E-state index contributed by atoms with van der Waals surface area (Å²) in [4.78, 5) is 30.9. The van der Waals surface area contributed by atoms with Gasteiger partial charge in [0.1, 0.15) is 22.9 Å². The Bertz CT molecular complexity index is 1100. The first kappa shape index (κ1) is 22.7. The topological polar surface area (TPSA) is 77.5 Å². The number of hydrogen-bond acceptors (Lipinski definition) is 7. The Morgan fingerprint density at radius 2 is 1.52 bits per heavy atom. The molecule has 8 heteroatoms. The SMILES string of the molecule is COc1ccc(N2C(=O)C(c3ccccc3OC)=C(N3CC(C)OC(C)C3)C2=O)c(OC)c1. The monoisotopic (exact) mass is 452 g/mol. The highest BCUT2D eigenvalue weighted by Gasteiger charge is 2.45. The minimum absolute atomic E-state index is 0.0901. The molecular weight excluding hydrogens is 424 g/mol. The highest BCUT2D eigenvalue weighted by molar-refractivity contribution is 6.46. The van der Waals surface area contributed by atoms with Crippen LogP contribution >= 0.6 is 0 Å². The summed E-state index contributed by atoms with van der Waals surface area (Å²) in [5.74, 6) is 0.591. The van der Waals surface area contributed by atoms with E-state index in [0.717, 1.165) is 0 Å². The molecule has 2 aliphatic heterocycles. The van der Waals surface area contributed by atoms with Crippen LogP contribution in [0, 0.1) is 0 Å². The molecule has 4 rings (SSSR count). The van der Waals surface area contributed by atoms with E-state index in [1.807, 2.05) is 30.9 Å². The summed E-state index contributed by atoms with van der Waals surface area (Å²) in [6.07, 6.45) is -0.180. The molecule has 0 N–H and O–H groups in total. The van der Waals surface area contributed by atoms with Crippen molar-refractivity contribution in [2.24, 2.45) is 0 Å². The Hall–Kier alpha value is -3.52. The summed E-state index contributed by atoms with van der Waals surface area (Å²) in [6, 6.07) is 12.2. The number of hydrogen-bond donors (Lipinski definition) is 0. The van der Waals surface area contributed by atoms with Crippen molar-refractivity contribution in [1.82, 2.24) is 4.90 Å². The van der Waals surface area contributed by atoms with E-state index in [9.17, 15) is 9.59 Å². The fraction of sp³-hybridized carbons (Fsp3) is 0.360. The van der Waals surface area contributed by atoms with Crippen molar-refractivity contribution < 1.29 is 28.5 Å². The molecule has 8 nitrogen and oxygen atoms in total. The molecule has 0 aliphatic carbocycles. The van der Waals surface area contributed by atoms with Crippen LogP contribution in [-0.2, 0) is 14.3 Å². The Morgan fingerprint density at radius 1 is 0.848 bits per heavy atom. The third-order valence-electron chi connectivity index (χ3n) is 5.80. The summed E-state index contributed by atoms with van der Waals surface area (Å²) in [5.41, 5.74) is 1.56. The van der Waals surface area contributed by atoms with Crippen LogP contribution in [0.25, 0.3) is 5.57 Å². The Labute approximate surface area is 193 Å². The van der Waals surface area contributed by atoms with Gasteiger partial charge in [-0.3, -0.25) is 9.59 Å². The molecule has 174 valence electrons. The molecule has 1 saturated heterocycles. The van der Waals surface area contributed by atoms with Crippen LogP contribution in [0.3, 0.4) is 0 Å². The number of morpholine rings is 1. The van der Waals surface area contributed by atoms with Gasteiger partial charge in [-0.15, -0.1) is 0 Å². The van der Waals surface area contributed by atoms with E-state index in [4.69, 9.17) is 18.9 Å². The van der Waals surface area contributed by atoms with Crippen molar-refractivity contribution in [3.8, 4) is 17.2 Å². The fourth-order valence-electron chi connectivity index (χ4n) is 4.45. The zero-order valence-electron chi connectivity index (χ0n) is 19.5. The maximum Gasteiger partial charge on any atom is 0.282 e. The number of rotatable bonds is 6. The molecule has 2 amide bonds. The average molecular weight is 453 g/mol. The number of methoxy groups -OCH3 is 3. The van der Waals surface area contributed by atoms with Gasteiger partial charge < -0.3 is 23.8 Å². The molecule has 33 heavy (non-hydrogen) atoms. The number of carbonyl (C=O) groups is 2. The third-order valence-corrected chi connectivity index (χ3v) is 5.80. The fourth-order valence-corrected chi connectivity index (χ4v) is 4.45. The van der Waals surface area contributed by atoms with Crippen LogP contribution in [0.1, 0.15) is 19.4 Å². The maximum atomic E-state index is 13.9. The predicted octanol–water partition coefficient (Wildman–Crippen LogP) is 3.11. The van der Waals surface area contributed by atoms with Gasteiger partial charge in [-0.1, -0.05) is 18.2 Å². The highest BCUT2D eigenvalue weighted by atomic mass is 16.5. The van der Waals surface area contributed by atoms with Gasteiger partial charge in [0.15, 0.2) is 0 Å². The number of benzene rings is 2. The lowest BCUT2D eigenvalue weighted by molar-refractivity contribution is -0.121. The van der Waals surface area contributed by atoms with Crippen molar-refractivity contribution in [3.05, 3.63) is 53.7 Å². The summed E-state index contributed by atoms with van der Waals surface area (Å²) in [7, 11) is 4.58. The van der Waals surface area contributed by atoms with Crippen LogP contribution in [-0.4, -0.2) is 63.3 Å². The first-order chi connectivity index (χ1) is 15.9. The number of para-hydroxylation sites is 1. The average Bonchev–Trinajstić information content (AvgIpc) is 3.07. The third kappa shape index (κ3) is 4.02. The first-order valence-corrected chi connectivity index (χ1v) is 10.8. The van der Waals surface area contributed by atoms with Gasteiger partial charge in [-0.05, 0) is 32.0 Å². The number of amides is 2. The zero-order chi connectivity index (χ0) is 23.7. The molecule has 2 aromatic rings. The van der Waals surface area contributed by atoms with Gasteiger partial charge in [0.25, 0.3) is 11.8 Å². The minimum Gasteiger partial charge on any atom is -0.497 e. The number of imide groups is 1. The summed E-state index contributed by atoms with van der Waals surface area (Å²) < 4.78 is 22.2. The second kappa shape index (κ2) is 9.15. The second-order valence-corrected chi connectivity index (χ2v) is 8.07. The summed E-state index contributed by atoms with van der Waals surface area (Å²) in [5, 5.41) is 0. The van der Waals surface area contributed by atoms with Gasteiger partial charge in [-0.2, -0.15) is 0 Å². The molecule has 2 aromatic carbocycles. The number of ether oxygens (including phenoxy) is 4. The molecule has 0 aromatic heterocycles. The molecule has 2 unspecified atom stereocenters. The van der Waals surface area contributed by atoms with Crippen LogP contribution in [0.2, 0.25) is 0 Å². The van der Waals surface area contributed by atoms with Gasteiger partial charge in [0.2, 0.25) is 0 Å². The zero-order valence-corrected chi connectivity index (χ0v) is 19.5. The lowest BCUT2D eigenvalue weighted by atomic mass is 10.0. The van der Waals surface area contributed by atoms with Crippen LogP contribution in [0.5, 0.6) is 17.2 Å². The lowest BCUT2D eigenvalue weighted by Crippen LogP contribution is -2.47. The van der Waals surface area contributed by atoms with Crippen molar-refractivity contribution in [1.29, 1.82) is 0 Å². The first-order valence-electron chi connectivity index (χ1n) is 10.8. The molecule has 0 spiro atoms. The minimum atomic E-state index is -0.435. The van der Waals surface area contributed by atoms with Crippen LogP contribution in [0.4, 0.5) is 5.69 Å². The Morgan fingerprint density at radius 3 is 2.15 bits per heavy atom. The quantitative estimate of drug-likeness (QED) is 0.624. The van der Waals surface area contributed by atoms with Crippen molar-refractivity contribution >= 4 is 23.1 Å². The van der Waals surface area contributed by atoms with E-state index in [-0.39, 0.29) is 12.2 Å². The molecule has 0 saturated carbocycles. The largest absolute Gasteiger partial charge is 0.497 e. The second-order valence-electron chi connectivity index (χ2n) is 8.07. The highest BCUT2D eigenvalue weighted by Crippen LogP contribution is 2.42. The number of carbonyl (C=O) groups excluding carboxylic acids is 2. The molecule has 1 fully saturated rings. The number of nitrogens with zero attached hydrogens (tertiary/aromatic N) is 2. The Balaban J connectivity index is 1.88. The molecular formula is C25H28N2O6.